The predicted octanol–water partition coefficient (Wildman–Crippen LogP) is 12.2. The van der Waals surface area contributed by atoms with Crippen molar-refractivity contribution in [1.29, 1.82) is 0 Å². The van der Waals surface area contributed by atoms with Crippen molar-refractivity contribution in [2.45, 2.75) is 200 Å². The van der Waals surface area contributed by atoms with Gasteiger partial charge in [-0.1, -0.05) is 173 Å². The van der Waals surface area contributed by atoms with Gasteiger partial charge in [0.2, 0.25) is 0 Å². The van der Waals surface area contributed by atoms with Gasteiger partial charge in [0.1, 0.15) is 19.3 Å². The lowest BCUT2D eigenvalue weighted by molar-refractivity contribution is -0.870. The van der Waals surface area contributed by atoms with Gasteiger partial charge in [-0.3, -0.25) is 9.36 Å². The number of nitrogens with zero attached hydrogens (tertiary/aromatic N) is 1. The fourth-order valence-electron chi connectivity index (χ4n) is 6.05. The first-order chi connectivity index (χ1) is 25.6. The second-order valence-electron chi connectivity index (χ2n) is 16.1. The lowest BCUT2D eigenvalue weighted by atomic mass is 10.0. The van der Waals surface area contributed by atoms with Crippen LogP contribution in [-0.4, -0.2) is 70.7 Å². The first-order valence-electron chi connectivity index (χ1n) is 22.1. The largest absolute Gasteiger partial charge is 0.756 e. The number of hydrogen-bond acceptors (Lipinski definition) is 7. The molecular weight excluding hydrogens is 685 g/mol. The Balaban J connectivity index is 4.21. The number of unbranched alkanes of at least 4 members (excludes halogenated alkanes) is 23. The summed E-state index contributed by atoms with van der Waals surface area (Å²) in [5.74, 6) is -0.336. The molecule has 0 saturated heterocycles. The number of esters is 1. The minimum atomic E-state index is -4.52. The Morgan fingerprint density at radius 1 is 0.585 bits per heavy atom. The highest BCUT2D eigenvalue weighted by molar-refractivity contribution is 7.45. The Hall–Kier alpha value is -1.02. The number of phosphoric acid groups is 1. The minimum Gasteiger partial charge on any atom is -0.756 e. The molecule has 0 heterocycles. The second kappa shape index (κ2) is 37.9. The van der Waals surface area contributed by atoms with Crippen molar-refractivity contribution >= 4 is 13.8 Å². The van der Waals surface area contributed by atoms with E-state index < -0.39 is 13.9 Å². The summed E-state index contributed by atoms with van der Waals surface area (Å²) in [6, 6.07) is 0. The van der Waals surface area contributed by atoms with Crippen LogP contribution in [0.2, 0.25) is 0 Å². The highest BCUT2D eigenvalue weighted by Crippen LogP contribution is 2.38. The van der Waals surface area contributed by atoms with Crippen LogP contribution in [0.25, 0.3) is 0 Å². The van der Waals surface area contributed by atoms with E-state index >= 15 is 0 Å². The second-order valence-corrected chi connectivity index (χ2v) is 17.5. The summed E-state index contributed by atoms with van der Waals surface area (Å²) in [6.07, 6.45) is 41.8. The first kappa shape index (κ1) is 52.0. The van der Waals surface area contributed by atoms with Gasteiger partial charge in [0.05, 0.1) is 34.4 Å². The molecule has 314 valence electrons. The molecule has 0 aromatic rings. The highest BCUT2D eigenvalue weighted by atomic mass is 31.2. The Bertz CT molecular complexity index is 905. The molecule has 53 heavy (non-hydrogen) atoms. The van der Waals surface area contributed by atoms with Crippen molar-refractivity contribution < 1.29 is 37.3 Å². The molecule has 0 aliphatic heterocycles. The molecule has 0 bridgehead atoms. The Morgan fingerprint density at radius 3 is 1.60 bits per heavy atom. The molecule has 0 aliphatic rings. The molecule has 2 unspecified atom stereocenters. The van der Waals surface area contributed by atoms with Crippen LogP contribution in [0.3, 0.4) is 0 Å². The number of phosphoric ester groups is 1. The SMILES string of the molecule is CCC/C=C\C/C=C\CCCCCCCCOCC(COP(=O)([O-])OCC[N+](C)(C)C)OC(=O)CCCCCCCCCCCCCCCCCCC. The summed E-state index contributed by atoms with van der Waals surface area (Å²) in [7, 11) is 1.35. The van der Waals surface area contributed by atoms with Crippen LogP contribution in [0.15, 0.2) is 24.3 Å². The molecule has 9 heteroatoms. The van der Waals surface area contributed by atoms with Gasteiger partial charge in [-0.25, -0.2) is 0 Å². The average Bonchev–Trinajstić information content (AvgIpc) is 3.11. The molecule has 8 nitrogen and oxygen atoms in total. The zero-order chi connectivity index (χ0) is 39.1. The van der Waals surface area contributed by atoms with E-state index in [0.717, 1.165) is 51.4 Å². The molecule has 0 aromatic heterocycles. The van der Waals surface area contributed by atoms with Gasteiger partial charge in [0.15, 0.2) is 0 Å². The number of carbonyl (C=O) groups excluding carboxylic acids is 1. The Morgan fingerprint density at radius 2 is 1.08 bits per heavy atom. The molecule has 0 amide bonds. The van der Waals surface area contributed by atoms with Crippen LogP contribution in [0, 0.1) is 0 Å². The highest BCUT2D eigenvalue weighted by Gasteiger charge is 2.20. The van der Waals surface area contributed by atoms with Crippen molar-refractivity contribution in [3.8, 4) is 0 Å². The van der Waals surface area contributed by atoms with Gasteiger partial charge in [0, 0.05) is 13.0 Å². The molecule has 0 N–H and O–H groups in total. The van der Waals surface area contributed by atoms with Gasteiger partial charge in [-0.2, -0.15) is 0 Å². The molecule has 0 aromatic carbocycles. The van der Waals surface area contributed by atoms with Crippen molar-refractivity contribution in [1.82, 2.24) is 0 Å². The summed E-state index contributed by atoms with van der Waals surface area (Å²) < 4.78 is 34.6. The quantitative estimate of drug-likeness (QED) is 0.0201. The van der Waals surface area contributed by atoms with E-state index in [1.807, 2.05) is 21.1 Å². The van der Waals surface area contributed by atoms with E-state index in [2.05, 4.69) is 38.2 Å². The minimum absolute atomic E-state index is 0.0258. The Labute approximate surface area is 328 Å². The van der Waals surface area contributed by atoms with Gasteiger partial charge in [-0.05, 0) is 38.5 Å². The summed E-state index contributed by atoms with van der Waals surface area (Å²) in [5, 5.41) is 0. The molecule has 2 atom stereocenters. The molecule has 0 radical (unpaired) electrons. The molecule has 0 saturated carbocycles. The maximum atomic E-state index is 12.7. The molecule has 0 rings (SSSR count). The molecular formula is C44H86NO7P. The molecule has 0 fully saturated rings. The zero-order valence-electron chi connectivity index (χ0n) is 35.5. The van der Waals surface area contributed by atoms with E-state index in [0.29, 0.717) is 24.1 Å². The number of likely N-dealkylation sites (N-methyl/N-ethyl adjacent to an activating group) is 1. The van der Waals surface area contributed by atoms with Gasteiger partial charge in [-0.15, -0.1) is 0 Å². The molecule has 0 aliphatic carbocycles. The summed E-state index contributed by atoms with van der Waals surface area (Å²) >= 11 is 0. The Kier molecular flexibility index (Phi) is 37.2. The maximum absolute atomic E-state index is 12.7. The topological polar surface area (TPSA) is 94.1 Å². The number of carbonyl (C=O) groups is 1. The van der Waals surface area contributed by atoms with Crippen LogP contribution in [0.4, 0.5) is 0 Å². The number of rotatable bonds is 41. The third-order valence-corrected chi connectivity index (χ3v) is 10.5. The van der Waals surface area contributed by atoms with Crippen LogP contribution < -0.4 is 4.89 Å². The fraction of sp³-hybridized carbons (Fsp3) is 0.886. The first-order valence-corrected chi connectivity index (χ1v) is 23.5. The number of hydrogen-bond donors (Lipinski definition) is 0. The van der Waals surface area contributed by atoms with Crippen molar-refractivity contribution in [2.75, 3.05) is 54.1 Å². The van der Waals surface area contributed by atoms with Crippen molar-refractivity contribution in [3.05, 3.63) is 24.3 Å². The summed E-state index contributed by atoms with van der Waals surface area (Å²) in [6.45, 7) is 5.35. The van der Waals surface area contributed by atoms with Crippen LogP contribution in [-0.2, 0) is 27.9 Å². The number of allylic oxidation sites excluding steroid dienone is 4. The van der Waals surface area contributed by atoms with E-state index in [4.69, 9.17) is 18.5 Å². The van der Waals surface area contributed by atoms with Gasteiger partial charge in [0.25, 0.3) is 7.82 Å². The third-order valence-electron chi connectivity index (χ3n) is 9.49. The predicted molar refractivity (Wildman–Crippen MR) is 222 cm³/mol. The van der Waals surface area contributed by atoms with Crippen LogP contribution in [0.5, 0.6) is 0 Å². The monoisotopic (exact) mass is 772 g/mol. The lowest BCUT2D eigenvalue weighted by Crippen LogP contribution is -2.37. The summed E-state index contributed by atoms with van der Waals surface area (Å²) in [5.41, 5.74) is 0. The lowest BCUT2D eigenvalue weighted by Gasteiger charge is -2.28. The normalized spacial score (nSPS) is 14.0. The molecule has 0 spiro atoms. The number of quaternary nitrogens is 1. The fourth-order valence-corrected chi connectivity index (χ4v) is 6.78. The zero-order valence-corrected chi connectivity index (χ0v) is 36.4. The standard InChI is InChI=1S/C44H86NO7P/c1-6-8-10-12-14-16-18-20-22-23-24-25-27-29-31-33-35-37-44(46)52-43(42-51-53(47,48)50-40-38-45(3,4)5)41-49-39-36-34-32-30-28-26-21-19-17-15-13-11-9-7-2/h11,13,17,19,43H,6-10,12,14-16,18,20-42H2,1-5H3/b13-11-,19-17-. The van der Waals surface area contributed by atoms with E-state index in [-0.39, 0.29) is 25.8 Å². The van der Waals surface area contributed by atoms with Gasteiger partial charge < -0.3 is 27.9 Å². The smallest absolute Gasteiger partial charge is 0.306 e. The number of ether oxygens (including phenoxy) is 2. The average molecular weight is 772 g/mol. The summed E-state index contributed by atoms with van der Waals surface area (Å²) in [4.78, 5) is 25.0. The third kappa shape index (κ3) is 42.0. The van der Waals surface area contributed by atoms with Crippen LogP contribution in [0.1, 0.15) is 194 Å². The van der Waals surface area contributed by atoms with E-state index in [9.17, 15) is 14.3 Å². The van der Waals surface area contributed by atoms with Crippen molar-refractivity contribution in [2.24, 2.45) is 0 Å². The van der Waals surface area contributed by atoms with E-state index in [1.54, 1.807) is 0 Å². The van der Waals surface area contributed by atoms with Gasteiger partial charge >= 0.3 is 5.97 Å². The maximum Gasteiger partial charge on any atom is 0.306 e. The van der Waals surface area contributed by atoms with Crippen LogP contribution >= 0.6 is 7.82 Å². The van der Waals surface area contributed by atoms with E-state index in [1.165, 1.54) is 122 Å². The van der Waals surface area contributed by atoms with Crippen molar-refractivity contribution in [3.63, 3.8) is 0 Å².